The number of nitrogens with zero attached hydrogens (tertiary/aromatic N) is 2. The van der Waals surface area contributed by atoms with Crippen molar-refractivity contribution < 1.29 is 0 Å². The van der Waals surface area contributed by atoms with Gasteiger partial charge in [0.05, 0.1) is 11.4 Å². The van der Waals surface area contributed by atoms with Crippen LogP contribution in [0.25, 0.3) is 110 Å². The van der Waals surface area contributed by atoms with Crippen molar-refractivity contribution in [3.8, 4) is 67.3 Å². The van der Waals surface area contributed by atoms with E-state index in [9.17, 15) is 0 Å². The SMILES string of the molecule is CC1(C)c2ccccc2-c2cccc(-c3cc(-c4ccc(-c5c6ccccc6c(-c6ccccc6)c6ccc7ccccc7c56)c5ccccc45)nc(-c4ccccc4)n3)c21. The van der Waals surface area contributed by atoms with Crippen molar-refractivity contribution in [3.05, 3.63) is 217 Å². The zero-order valence-electron chi connectivity index (χ0n) is 34.0. The van der Waals surface area contributed by atoms with Crippen molar-refractivity contribution in [2.75, 3.05) is 0 Å². The molecule has 1 aromatic heterocycles. The zero-order chi connectivity index (χ0) is 40.7. The summed E-state index contributed by atoms with van der Waals surface area (Å²) in [6.45, 7) is 4.69. The largest absolute Gasteiger partial charge is 0.228 e. The van der Waals surface area contributed by atoms with E-state index in [2.05, 4.69) is 214 Å². The maximum absolute atomic E-state index is 5.40. The van der Waals surface area contributed by atoms with Gasteiger partial charge in [-0.25, -0.2) is 9.97 Å². The third kappa shape index (κ3) is 5.42. The molecule has 286 valence electrons. The lowest BCUT2D eigenvalue weighted by Gasteiger charge is -2.24. The van der Waals surface area contributed by atoms with Gasteiger partial charge in [-0.3, -0.25) is 0 Å². The van der Waals surface area contributed by atoms with E-state index in [0.717, 1.165) is 33.5 Å². The molecule has 0 aliphatic heterocycles. The summed E-state index contributed by atoms with van der Waals surface area (Å²) in [7, 11) is 0. The summed E-state index contributed by atoms with van der Waals surface area (Å²) in [5.74, 6) is 0.715. The Morgan fingerprint density at radius 2 is 0.885 bits per heavy atom. The van der Waals surface area contributed by atoms with Gasteiger partial charge in [0.1, 0.15) is 0 Å². The summed E-state index contributed by atoms with van der Waals surface area (Å²) in [5, 5.41) is 9.82. The van der Waals surface area contributed by atoms with Crippen molar-refractivity contribution in [2.45, 2.75) is 19.3 Å². The molecule has 1 aliphatic carbocycles. The molecule has 1 heterocycles. The molecule has 10 aromatic carbocycles. The number of aromatic nitrogens is 2. The summed E-state index contributed by atoms with van der Waals surface area (Å²) >= 11 is 0. The van der Waals surface area contributed by atoms with E-state index in [4.69, 9.17) is 9.97 Å². The highest BCUT2D eigenvalue weighted by Crippen LogP contribution is 2.53. The molecule has 0 fully saturated rings. The molecule has 0 saturated carbocycles. The van der Waals surface area contributed by atoms with Gasteiger partial charge >= 0.3 is 0 Å². The number of hydrogen-bond acceptors (Lipinski definition) is 2. The molecule has 12 rings (SSSR count). The Morgan fingerprint density at radius 1 is 0.344 bits per heavy atom. The lowest BCUT2D eigenvalue weighted by atomic mass is 9.79. The second-order valence-electron chi connectivity index (χ2n) is 16.8. The molecule has 1 aliphatic rings. The molecular formula is C59H40N2. The van der Waals surface area contributed by atoms with E-state index in [1.165, 1.54) is 82.2 Å². The van der Waals surface area contributed by atoms with Crippen LogP contribution < -0.4 is 0 Å². The first-order chi connectivity index (χ1) is 30.0. The molecular weight excluding hydrogens is 737 g/mol. The fourth-order valence-electron chi connectivity index (χ4n) is 10.4. The molecule has 61 heavy (non-hydrogen) atoms. The van der Waals surface area contributed by atoms with Crippen LogP contribution in [-0.2, 0) is 5.41 Å². The highest BCUT2D eigenvalue weighted by molar-refractivity contribution is 6.29. The van der Waals surface area contributed by atoms with Gasteiger partial charge in [0.15, 0.2) is 5.82 Å². The minimum Gasteiger partial charge on any atom is -0.228 e. The maximum Gasteiger partial charge on any atom is 0.160 e. The average Bonchev–Trinajstić information content (AvgIpc) is 3.56. The summed E-state index contributed by atoms with van der Waals surface area (Å²) in [4.78, 5) is 10.8. The van der Waals surface area contributed by atoms with Gasteiger partial charge in [-0.15, -0.1) is 0 Å². The summed E-state index contributed by atoms with van der Waals surface area (Å²) in [5.41, 5.74) is 15.0. The highest BCUT2D eigenvalue weighted by Gasteiger charge is 2.37. The third-order valence-corrected chi connectivity index (χ3v) is 13.1. The molecule has 0 bridgehead atoms. The van der Waals surface area contributed by atoms with Crippen LogP contribution in [0, 0.1) is 0 Å². The van der Waals surface area contributed by atoms with E-state index < -0.39 is 0 Å². The molecule has 0 atom stereocenters. The maximum atomic E-state index is 5.40. The van der Waals surface area contributed by atoms with Crippen molar-refractivity contribution in [3.63, 3.8) is 0 Å². The van der Waals surface area contributed by atoms with Crippen LogP contribution in [0.15, 0.2) is 206 Å². The number of hydrogen-bond donors (Lipinski definition) is 0. The predicted molar refractivity (Wildman–Crippen MR) is 257 cm³/mol. The minimum atomic E-state index is -0.194. The molecule has 0 saturated heterocycles. The Bertz CT molecular complexity index is 3550. The van der Waals surface area contributed by atoms with Gasteiger partial charge in [0.2, 0.25) is 0 Å². The van der Waals surface area contributed by atoms with Crippen LogP contribution in [-0.4, -0.2) is 9.97 Å². The van der Waals surface area contributed by atoms with Gasteiger partial charge in [-0.05, 0) is 93.7 Å². The fourth-order valence-corrected chi connectivity index (χ4v) is 10.4. The van der Waals surface area contributed by atoms with Gasteiger partial charge in [-0.2, -0.15) is 0 Å². The van der Waals surface area contributed by atoms with E-state index >= 15 is 0 Å². The van der Waals surface area contributed by atoms with Crippen LogP contribution in [0.5, 0.6) is 0 Å². The average molecular weight is 777 g/mol. The Morgan fingerprint density at radius 3 is 1.64 bits per heavy atom. The monoisotopic (exact) mass is 776 g/mol. The number of fused-ring (bicyclic) bond motifs is 8. The first-order valence-corrected chi connectivity index (χ1v) is 21.2. The first-order valence-electron chi connectivity index (χ1n) is 21.2. The fraction of sp³-hybridized carbons (Fsp3) is 0.0508. The third-order valence-electron chi connectivity index (χ3n) is 13.1. The lowest BCUT2D eigenvalue weighted by molar-refractivity contribution is 0.662. The van der Waals surface area contributed by atoms with E-state index in [-0.39, 0.29) is 5.41 Å². The molecule has 0 N–H and O–H groups in total. The molecule has 0 unspecified atom stereocenters. The standard InChI is InChI=1S/C59H40N2/c1-59(2)51-31-16-15-26-43(51)48-29-17-30-49(57(48)59)53-36-52(60-58(61-53)39-21-7-4-8-22-39)44-34-35-47(42-25-12-11-24-41(42)44)56-46-28-14-13-27-45(46)54(38-19-5-3-6-20-38)50-33-32-37-18-9-10-23-40(37)55(50)56/h3-36H,1-2H3. The topological polar surface area (TPSA) is 25.8 Å². The smallest absolute Gasteiger partial charge is 0.160 e. The normalized spacial score (nSPS) is 12.9. The Hall–Kier alpha value is -7.68. The van der Waals surface area contributed by atoms with Gasteiger partial charge in [-0.1, -0.05) is 214 Å². The summed E-state index contributed by atoms with van der Waals surface area (Å²) in [6, 6.07) is 74.9. The van der Waals surface area contributed by atoms with Crippen molar-refractivity contribution >= 4 is 43.1 Å². The van der Waals surface area contributed by atoms with E-state index in [1.807, 2.05) is 6.07 Å². The van der Waals surface area contributed by atoms with Crippen LogP contribution in [0.3, 0.4) is 0 Å². The van der Waals surface area contributed by atoms with Crippen LogP contribution in [0.1, 0.15) is 25.0 Å². The second kappa shape index (κ2) is 13.7. The first kappa shape index (κ1) is 35.3. The molecule has 0 amide bonds. The van der Waals surface area contributed by atoms with E-state index in [1.54, 1.807) is 0 Å². The summed E-state index contributed by atoms with van der Waals surface area (Å²) in [6.07, 6.45) is 0. The molecule has 0 radical (unpaired) electrons. The predicted octanol–water partition coefficient (Wildman–Crippen LogP) is 15.7. The van der Waals surface area contributed by atoms with Crippen molar-refractivity contribution in [1.82, 2.24) is 9.97 Å². The Kier molecular flexibility index (Phi) is 7.92. The zero-order valence-corrected chi connectivity index (χ0v) is 34.0. The van der Waals surface area contributed by atoms with Crippen LogP contribution >= 0.6 is 0 Å². The Balaban J connectivity index is 1.14. The molecule has 2 nitrogen and oxygen atoms in total. The van der Waals surface area contributed by atoms with Crippen molar-refractivity contribution in [1.29, 1.82) is 0 Å². The van der Waals surface area contributed by atoms with Crippen LogP contribution in [0.2, 0.25) is 0 Å². The van der Waals surface area contributed by atoms with E-state index in [0.29, 0.717) is 5.82 Å². The minimum absolute atomic E-state index is 0.194. The van der Waals surface area contributed by atoms with Gasteiger partial charge in [0.25, 0.3) is 0 Å². The molecule has 0 spiro atoms. The highest BCUT2D eigenvalue weighted by atomic mass is 14.9. The van der Waals surface area contributed by atoms with Gasteiger partial charge in [0, 0.05) is 22.1 Å². The molecule has 2 heteroatoms. The van der Waals surface area contributed by atoms with Crippen LogP contribution in [0.4, 0.5) is 0 Å². The van der Waals surface area contributed by atoms with Crippen molar-refractivity contribution in [2.24, 2.45) is 0 Å². The number of rotatable bonds is 5. The summed E-state index contributed by atoms with van der Waals surface area (Å²) < 4.78 is 0. The number of benzene rings is 10. The quantitative estimate of drug-likeness (QED) is 0.128. The Labute approximate surface area is 355 Å². The molecule has 11 aromatic rings. The van der Waals surface area contributed by atoms with Gasteiger partial charge < -0.3 is 0 Å². The second-order valence-corrected chi connectivity index (χ2v) is 16.8. The lowest BCUT2D eigenvalue weighted by Crippen LogP contribution is -2.16.